The third-order valence-electron chi connectivity index (χ3n) is 4.22. The fourth-order valence-corrected chi connectivity index (χ4v) is 3.13. The van der Waals surface area contributed by atoms with E-state index < -0.39 is 0 Å². The van der Waals surface area contributed by atoms with Crippen LogP contribution >= 0.6 is 0 Å². The summed E-state index contributed by atoms with van der Waals surface area (Å²) in [6.45, 7) is 8.87. The van der Waals surface area contributed by atoms with Crippen LogP contribution in [0.25, 0.3) is 23.1 Å². The second-order valence-corrected chi connectivity index (χ2v) is 5.66. The van der Waals surface area contributed by atoms with Crippen LogP contribution in [0, 0.1) is 0 Å². The lowest BCUT2D eigenvalue weighted by atomic mass is 10.1. The number of hydrogen-bond acceptors (Lipinski definition) is 2. The first-order valence-electron chi connectivity index (χ1n) is 8.32. The van der Waals surface area contributed by atoms with E-state index in [-0.39, 0.29) is 5.91 Å². The summed E-state index contributed by atoms with van der Waals surface area (Å²) in [4.78, 5) is 16.3. The van der Waals surface area contributed by atoms with E-state index in [9.17, 15) is 4.79 Å². The van der Waals surface area contributed by atoms with Gasteiger partial charge in [-0.2, -0.15) is 0 Å². The van der Waals surface area contributed by atoms with E-state index in [2.05, 4.69) is 40.5 Å². The number of allylic oxidation sites excluding steroid dienone is 1. The molecule has 0 fully saturated rings. The molecule has 0 atom stereocenters. The van der Waals surface area contributed by atoms with Crippen LogP contribution in [0.15, 0.2) is 55.4 Å². The minimum Gasteiger partial charge on any atom is -0.341 e. The number of carbonyl (C=O) groups is 1. The molecular formula is C21H21N3O. The Morgan fingerprint density at radius 2 is 2.04 bits per heavy atom. The average molecular weight is 331 g/mol. The molecule has 4 nitrogen and oxygen atoms in total. The number of nitrogens with one attached hydrogen (secondary N) is 1. The molecule has 3 aromatic rings. The summed E-state index contributed by atoms with van der Waals surface area (Å²) in [7, 11) is 0. The van der Waals surface area contributed by atoms with Gasteiger partial charge in [-0.25, -0.2) is 0 Å². The van der Waals surface area contributed by atoms with Gasteiger partial charge in [0.25, 0.3) is 5.91 Å². The molecule has 1 N–H and O–H groups in total. The van der Waals surface area contributed by atoms with Crippen LogP contribution in [0.3, 0.4) is 0 Å². The van der Waals surface area contributed by atoms with Gasteiger partial charge in [-0.15, -0.1) is 0 Å². The van der Waals surface area contributed by atoms with E-state index in [4.69, 9.17) is 0 Å². The highest BCUT2D eigenvalue weighted by atomic mass is 16.1. The Balaban J connectivity index is 2.11. The first kappa shape index (κ1) is 16.7. The maximum atomic E-state index is 12.4. The van der Waals surface area contributed by atoms with Crippen LogP contribution in [0.4, 0.5) is 5.69 Å². The zero-order chi connectivity index (χ0) is 17.8. The number of anilines is 1. The third-order valence-corrected chi connectivity index (χ3v) is 4.22. The number of carbonyl (C=O) groups excluding carboxylic acids is 1. The highest BCUT2D eigenvalue weighted by molar-refractivity contribution is 6.05. The number of amides is 1. The van der Waals surface area contributed by atoms with E-state index in [1.807, 2.05) is 25.1 Å². The monoisotopic (exact) mass is 331 g/mol. The van der Waals surface area contributed by atoms with Gasteiger partial charge in [0.05, 0.1) is 0 Å². The highest BCUT2D eigenvalue weighted by Crippen LogP contribution is 2.17. The van der Waals surface area contributed by atoms with Gasteiger partial charge in [0.2, 0.25) is 0 Å². The lowest BCUT2D eigenvalue weighted by molar-refractivity contribution is 0.102. The summed E-state index contributed by atoms with van der Waals surface area (Å²) in [5.41, 5.74) is 2.50. The molecule has 126 valence electrons. The Hall–Kier alpha value is -3.14. The summed E-state index contributed by atoms with van der Waals surface area (Å²) in [6, 6.07) is 9.40. The van der Waals surface area contributed by atoms with Gasteiger partial charge in [-0.05, 0) is 44.2 Å². The summed E-state index contributed by atoms with van der Waals surface area (Å²) in [6.07, 6.45) is 9.14. The molecule has 0 saturated carbocycles. The van der Waals surface area contributed by atoms with E-state index in [0.717, 1.165) is 33.7 Å². The molecule has 0 saturated heterocycles. The normalized spacial score (nSPS) is 12.6. The molecule has 0 aliphatic heterocycles. The molecule has 0 aliphatic rings. The molecule has 1 amide bonds. The molecule has 0 aliphatic carbocycles. The number of fused-ring (bicyclic) bond motifs is 1. The standard InChI is InChI=1S/C21H21N3O/c1-4-7-17-18-14-16(23-21(25)15-10-12-22-13-11-15)8-9-20(18)24(6-3)19(17)5-2/h4-5,7-14H,1,6H2,2-3H3,(H,23,25)/b17-7-,19-5+. The predicted octanol–water partition coefficient (Wildman–Crippen LogP) is 3.08. The molecule has 0 spiro atoms. The molecule has 0 radical (unpaired) electrons. The van der Waals surface area contributed by atoms with Crippen LogP contribution in [0.5, 0.6) is 0 Å². The van der Waals surface area contributed by atoms with Crippen molar-refractivity contribution in [2.45, 2.75) is 20.4 Å². The van der Waals surface area contributed by atoms with Crippen molar-refractivity contribution in [1.82, 2.24) is 9.55 Å². The van der Waals surface area contributed by atoms with E-state index in [0.29, 0.717) is 5.56 Å². The topological polar surface area (TPSA) is 46.9 Å². The van der Waals surface area contributed by atoms with Crippen LogP contribution in [-0.2, 0) is 6.54 Å². The van der Waals surface area contributed by atoms with Crippen molar-refractivity contribution in [3.8, 4) is 0 Å². The zero-order valence-electron chi connectivity index (χ0n) is 14.5. The smallest absolute Gasteiger partial charge is 0.255 e. The Bertz CT molecular complexity index is 1050. The maximum Gasteiger partial charge on any atom is 0.255 e. The fourth-order valence-electron chi connectivity index (χ4n) is 3.13. The predicted molar refractivity (Wildman–Crippen MR) is 104 cm³/mol. The van der Waals surface area contributed by atoms with Crippen molar-refractivity contribution in [2.75, 3.05) is 5.32 Å². The second-order valence-electron chi connectivity index (χ2n) is 5.66. The van der Waals surface area contributed by atoms with Gasteiger partial charge in [-0.1, -0.05) is 24.8 Å². The first-order valence-corrected chi connectivity index (χ1v) is 8.32. The summed E-state index contributed by atoms with van der Waals surface area (Å²) >= 11 is 0. The lowest BCUT2D eigenvalue weighted by Gasteiger charge is -2.06. The van der Waals surface area contributed by atoms with Crippen LogP contribution in [0.1, 0.15) is 24.2 Å². The second kappa shape index (κ2) is 7.18. The average Bonchev–Trinajstić information content (AvgIpc) is 2.95. The van der Waals surface area contributed by atoms with Gasteiger partial charge in [-0.3, -0.25) is 9.78 Å². The van der Waals surface area contributed by atoms with Crippen molar-refractivity contribution in [2.24, 2.45) is 0 Å². The Morgan fingerprint density at radius 3 is 2.68 bits per heavy atom. The lowest BCUT2D eigenvalue weighted by Crippen LogP contribution is -2.28. The maximum absolute atomic E-state index is 12.4. The summed E-state index contributed by atoms with van der Waals surface area (Å²) in [5, 5.41) is 6.34. The van der Waals surface area contributed by atoms with Crippen LogP contribution in [-0.4, -0.2) is 15.5 Å². The number of hydrogen-bond donors (Lipinski definition) is 1. The Labute approximate surface area is 146 Å². The SMILES string of the molecule is C=C/C=c1\c(=C/C)n(CC)c2ccc(NC(=O)c3ccncc3)cc12. The highest BCUT2D eigenvalue weighted by Gasteiger charge is 2.09. The number of rotatable bonds is 4. The van der Waals surface area contributed by atoms with Gasteiger partial charge in [0, 0.05) is 51.7 Å². The van der Waals surface area contributed by atoms with E-state index in [1.54, 1.807) is 30.6 Å². The van der Waals surface area contributed by atoms with Gasteiger partial charge in [0.1, 0.15) is 0 Å². The number of aromatic nitrogens is 2. The van der Waals surface area contributed by atoms with Crippen LogP contribution in [0.2, 0.25) is 0 Å². The molecule has 25 heavy (non-hydrogen) atoms. The van der Waals surface area contributed by atoms with Crippen LogP contribution < -0.4 is 15.9 Å². The minimum absolute atomic E-state index is 0.145. The van der Waals surface area contributed by atoms with Gasteiger partial charge < -0.3 is 9.88 Å². The van der Waals surface area contributed by atoms with Gasteiger partial charge >= 0.3 is 0 Å². The fraction of sp³-hybridized carbons (Fsp3) is 0.143. The minimum atomic E-state index is -0.145. The molecular weight excluding hydrogens is 310 g/mol. The van der Waals surface area contributed by atoms with Crippen molar-refractivity contribution >= 4 is 34.6 Å². The molecule has 1 aromatic carbocycles. The number of pyridine rings is 1. The molecule has 2 aromatic heterocycles. The Kier molecular flexibility index (Phi) is 4.80. The van der Waals surface area contributed by atoms with Crippen molar-refractivity contribution in [3.63, 3.8) is 0 Å². The quantitative estimate of drug-likeness (QED) is 0.799. The largest absolute Gasteiger partial charge is 0.341 e. The summed E-state index contributed by atoms with van der Waals surface area (Å²) in [5.74, 6) is -0.145. The summed E-state index contributed by atoms with van der Waals surface area (Å²) < 4.78 is 2.26. The Morgan fingerprint density at radius 1 is 1.28 bits per heavy atom. The first-order chi connectivity index (χ1) is 12.2. The van der Waals surface area contributed by atoms with Crippen molar-refractivity contribution in [1.29, 1.82) is 0 Å². The zero-order valence-corrected chi connectivity index (χ0v) is 14.5. The molecule has 0 bridgehead atoms. The number of benzene rings is 1. The van der Waals surface area contributed by atoms with E-state index >= 15 is 0 Å². The van der Waals surface area contributed by atoms with E-state index in [1.165, 1.54) is 0 Å². The molecule has 2 heterocycles. The number of nitrogens with zero attached hydrogens (tertiary/aromatic N) is 2. The molecule has 0 unspecified atom stereocenters. The number of aryl methyl sites for hydroxylation is 1. The van der Waals surface area contributed by atoms with Crippen molar-refractivity contribution in [3.05, 3.63) is 71.5 Å². The molecule has 3 rings (SSSR count). The molecule has 4 heteroatoms. The van der Waals surface area contributed by atoms with Gasteiger partial charge in [0.15, 0.2) is 0 Å². The third kappa shape index (κ3) is 3.11. The van der Waals surface area contributed by atoms with Crippen molar-refractivity contribution < 1.29 is 4.79 Å².